The lowest BCUT2D eigenvalue weighted by Crippen LogP contribution is -2.22. The monoisotopic (exact) mass is 333 g/mol. The lowest BCUT2D eigenvalue weighted by atomic mass is 9.94. The van der Waals surface area contributed by atoms with Gasteiger partial charge in [0.25, 0.3) is 5.91 Å². The van der Waals surface area contributed by atoms with Crippen LogP contribution in [0.5, 0.6) is 0 Å². The molecule has 2 aromatic rings. The number of aryl methyl sites for hydroxylation is 1. The van der Waals surface area contributed by atoms with Crippen molar-refractivity contribution >= 4 is 29.0 Å². The normalized spacial score (nSPS) is 13.7. The van der Waals surface area contributed by atoms with Gasteiger partial charge in [0.1, 0.15) is 10.6 Å². The number of fused-ring (bicyclic) bond motifs is 1. The number of nitrogens with one attached hydrogen (secondary N) is 1. The highest BCUT2D eigenvalue weighted by atomic mass is 32.1. The van der Waals surface area contributed by atoms with E-state index in [0.717, 1.165) is 22.6 Å². The molecule has 0 bridgehead atoms. The van der Waals surface area contributed by atoms with Crippen LogP contribution in [0, 0.1) is 6.92 Å². The zero-order valence-electron chi connectivity index (χ0n) is 12.5. The molecule has 0 fully saturated rings. The van der Waals surface area contributed by atoms with Gasteiger partial charge in [0, 0.05) is 23.3 Å². The molecule has 0 aromatic carbocycles. The number of thiophene rings is 1. The third kappa shape index (κ3) is 2.92. The third-order valence-electron chi connectivity index (χ3n) is 3.81. The zero-order valence-corrected chi connectivity index (χ0v) is 13.3. The van der Waals surface area contributed by atoms with Crippen molar-refractivity contribution in [1.29, 1.82) is 0 Å². The van der Waals surface area contributed by atoms with Crippen LogP contribution in [0.2, 0.25) is 0 Å². The summed E-state index contributed by atoms with van der Waals surface area (Å²) in [7, 11) is 0. The largest absolute Gasteiger partial charge is 0.477 e. The predicted octanol–water partition coefficient (Wildman–Crippen LogP) is 2.80. The Morgan fingerprint density at radius 1 is 1.35 bits per heavy atom. The molecular weight excluding hydrogens is 318 g/mol. The van der Waals surface area contributed by atoms with Gasteiger partial charge < -0.3 is 14.8 Å². The van der Waals surface area contributed by atoms with Crippen molar-refractivity contribution in [3.05, 3.63) is 44.5 Å². The number of aromatic carboxylic acids is 1. The van der Waals surface area contributed by atoms with Crippen molar-refractivity contribution in [1.82, 2.24) is 5.32 Å². The summed E-state index contributed by atoms with van der Waals surface area (Å²) >= 11 is 1.11. The van der Waals surface area contributed by atoms with Crippen LogP contribution in [-0.4, -0.2) is 22.8 Å². The molecule has 0 spiro atoms. The van der Waals surface area contributed by atoms with Gasteiger partial charge in [-0.1, -0.05) is 0 Å². The van der Waals surface area contributed by atoms with Gasteiger partial charge >= 0.3 is 5.97 Å². The molecule has 120 valence electrons. The minimum Gasteiger partial charge on any atom is -0.477 e. The summed E-state index contributed by atoms with van der Waals surface area (Å²) in [6.07, 6.45) is 1.90. The first-order chi connectivity index (χ1) is 11.0. The van der Waals surface area contributed by atoms with Gasteiger partial charge in [-0.05, 0) is 25.5 Å². The van der Waals surface area contributed by atoms with Crippen molar-refractivity contribution in [2.24, 2.45) is 0 Å². The van der Waals surface area contributed by atoms with E-state index >= 15 is 0 Å². The number of ketones is 1. The SMILES string of the molecule is Cc1c(C(=O)NCc2ccc(C(=O)O)s2)oc2c1C(=O)CCC2. The summed E-state index contributed by atoms with van der Waals surface area (Å²) in [4.78, 5) is 36.0. The summed E-state index contributed by atoms with van der Waals surface area (Å²) < 4.78 is 5.58. The van der Waals surface area contributed by atoms with Crippen molar-refractivity contribution in [3.8, 4) is 0 Å². The van der Waals surface area contributed by atoms with Gasteiger partial charge in [-0.3, -0.25) is 9.59 Å². The summed E-state index contributed by atoms with van der Waals surface area (Å²) in [5.74, 6) is -0.597. The predicted molar refractivity (Wildman–Crippen MR) is 83.2 cm³/mol. The Morgan fingerprint density at radius 3 is 2.78 bits per heavy atom. The summed E-state index contributed by atoms with van der Waals surface area (Å²) in [5, 5.41) is 11.6. The Morgan fingerprint density at radius 2 is 2.13 bits per heavy atom. The van der Waals surface area contributed by atoms with Crippen LogP contribution >= 0.6 is 11.3 Å². The maximum atomic E-state index is 12.3. The Labute approximate surface area is 136 Å². The third-order valence-corrected chi connectivity index (χ3v) is 4.88. The Balaban J connectivity index is 1.73. The van der Waals surface area contributed by atoms with E-state index in [1.54, 1.807) is 13.0 Å². The molecule has 7 heteroatoms. The molecule has 23 heavy (non-hydrogen) atoms. The van der Waals surface area contributed by atoms with E-state index in [9.17, 15) is 14.4 Å². The lowest BCUT2D eigenvalue weighted by Gasteiger charge is -2.07. The Bertz CT molecular complexity index is 801. The van der Waals surface area contributed by atoms with E-state index in [1.165, 1.54) is 6.07 Å². The second-order valence-electron chi connectivity index (χ2n) is 5.38. The Hall–Kier alpha value is -2.41. The fraction of sp³-hybridized carbons (Fsp3) is 0.312. The number of amides is 1. The van der Waals surface area contributed by atoms with Gasteiger partial charge in [0.15, 0.2) is 11.5 Å². The topological polar surface area (TPSA) is 96.6 Å². The van der Waals surface area contributed by atoms with Crippen molar-refractivity contribution < 1.29 is 23.9 Å². The minimum absolute atomic E-state index is 0.0240. The van der Waals surface area contributed by atoms with Gasteiger partial charge in [-0.25, -0.2) is 4.79 Å². The van der Waals surface area contributed by atoms with Crippen LogP contribution in [0.25, 0.3) is 0 Å². The maximum Gasteiger partial charge on any atom is 0.345 e. The number of carbonyl (C=O) groups is 3. The van der Waals surface area contributed by atoms with E-state index in [1.807, 2.05) is 0 Å². The van der Waals surface area contributed by atoms with E-state index in [4.69, 9.17) is 9.52 Å². The fourth-order valence-corrected chi connectivity index (χ4v) is 3.49. The molecule has 0 saturated carbocycles. The van der Waals surface area contributed by atoms with E-state index in [0.29, 0.717) is 29.7 Å². The van der Waals surface area contributed by atoms with Gasteiger partial charge in [-0.2, -0.15) is 0 Å². The van der Waals surface area contributed by atoms with Crippen LogP contribution in [0.3, 0.4) is 0 Å². The molecule has 1 aliphatic rings. The summed E-state index contributed by atoms with van der Waals surface area (Å²) in [5.41, 5.74) is 1.13. The molecule has 3 rings (SSSR count). The molecule has 0 radical (unpaired) electrons. The molecule has 1 amide bonds. The van der Waals surface area contributed by atoms with Gasteiger partial charge in [0.2, 0.25) is 0 Å². The molecule has 0 unspecified atom stereocenters. The highest BCUT2D eigenvalue weighted by molar-refractivity contribution is 7.13. The van der Waals surface area contributed by atoms with Gasteiger partial charge in [-0.15, -0.1) is 11.3 Å². The van der Waals surface area contributed by atoms with Crippen LogP contribution in [0.15, 0.2) is 16.5 Å². The molecule has 2 N–H and O–H groups in total. The average Bonchev–Trinajstić information content (AvgIpc) is 3.11. The van der Waals surface area contributed by atoms with Crippen LogP contribution in [0.1, 0.15) is 59.6 Å². The number of carboxylic acid groups (broad SMARTS) is 1. The quantitative estimate of drug-likeness (QED) is 0.897. The number of carbonyl (C=O) groups excluding carboxylic acids is 2. The van der Waals surface area contributed by atoms with Crippen LogP contribution < -0.4 is 5.32 Å². The first-order valence-corrected chi connectivity index (χ1v) is 8.04. The second kappa shape index (κ2) is 6.00. The molecule has 0 aliphatic heterocycles. The zero-order chi connectivity index (χ0) is 16.6. The number of rotatable bonds is 4. The first kappa shape index (κ1) is 15.5. The standard InChI is InChI=1S/C16H15NO5S/c1-8-13-10(18)3-2-4-11(13)22-14(8)15(19)17-7-9-5-6-12(23-9)16(20)21/h5-6H,2-4,7H2,1H3,(H,17,19)(H,20,21). The van der Waals surface area contributed by atoms with Crippen molar-refractivity contribution in [3.63, 3.8) is 0 Å². The first-order valence-electron chi connectivity index (χ1n) is 7.23. The highest BCUT2D eigenvalue weighted by Gasteiger charge is 2.28. The maximum absolute atomic E-state index is 12.3. The molecule has 0 atom stereocenters. The highest BCUT2D eigenvalue weighted by Crippen LogP contribution is 2.29. The van der Waals surface area contributed by atoms with Gasteiger partial charge in [0.05, 0.1) is 12.1 Å². The number of hydrogen-bond acceptors (Lipinski definition) is 5. The Kier molecular flexibility index (Phi) is 4.04. The molecule has 6 nitrogen and oxygen atoms in total. The number of Topliss-reactive ketones (excluding diaryl/α,β-unsaturated/α-hetero) is 1. The molecular formula is C16H15NO5S. The van der Waals surface area contributed by atoms with Crippen molar-refractivity contribution in [2.45, 2.75) is 32.7 Å². The summed E-state index contributed by atoms with van der Waals surface area (Å²) in [6, 6.07) is 3.17. The molecule has 1 aliphatic carbocycles. The van der Waals surface area contributed by atoms with E-state index in [2.05, 4.69) is 5.32 Å². The van der Waals surface area contributed by atoms with E-state index in [-0.39, 0.29) is 23.0 Å². The average molecular weight is 333 g/mol. The number of furan rings is 1. The smallest absolute Gasteiger partial charge is 0.345 e. The van der Waals surface area contributed by atoms with Crippen molar-refractivity contribution in [2.75, 3.05) is 0 Å². The van der Waals surface area contributed by atoms with E-state index < -0.39 is 11.9 Å². The second-order valence-corrected chi connectivity index (χ2v) is 6.55. The number of carboxylic acids is 1. The summed E-state index contributed by atoms with van der Waals surface area (Å²) in [6.45, 7) is 1.93. The molecule has 0 saturated heterocycles. The fourth-order valence-electron chi connectivity index (χ4n) is 2.70. The number of hydrogen-bond donors (Lipinski definition) is 2. The lowest BCUT2D eigenvalue weighted by molar-refractivity contribution is 0.0701. The van der Waals surface area contributed by atoms with Crippen LogP contribution in [-0.2, 0) is 13.0 Å². The van der Waals surface area contributed by atoms with Crippen LogP contribution in [0.4, 0.5) is 0 Å². The molecule has 2 heterocycles. The molecule has 2 aromatic heterocycles. The minimum atomic E-state index is -0.986.